The molecule has 0 spiro atoms. The molecule has 2 N–H and O–H groups in total. The molecule has 6 nitrogen and oxygen atoms in total. The first-order chi connectivity index (χ1) is 11.5. The van der Waals surface area contributed by atoms with E-state index in [1.807, 2.05) is 0 Å². The van der Waals surface area contributed by atoms with Crippen LogP contribution in [0.5, 0.6) is 0 Å². The summed E-state index contributed by atoms with van der Waals surface area (Å²) in [7, 11) is 0. The summed E-state index contributed by atoms with van der Waals surface area (Å²) in [6, 6.07) is 6.62. The highest BCUT2D eigenvalue weighted by molar-refractivity contribution is 8.00. The van der Waals surface area contributed by atoms with Gasteiger partial charge in [-0.1, -0.05) is 24.4 Å². The zero-order chi connectivity index (χ0) is 17.4. The Morgan fingerprint density at radius 1 is 1.17 bits per heavy atom. The highest BCUT2D eigenvalue weighted by Gasteiger charge is 2.18. The van der Waals surface area contributed by atoms with E-state index in [4.69, 9.17) is 16.3 Å². The molecule has 1 saturated carbocycles. The molecule has 0 aromatic heterocycles. The van der Waals surface area contributed by atoms with Crippen molar-refractivity contribution in [2.24, 2.45) is 0 Å². The maximum absolute atomic E-state index is 11.6. The fourth-order valence-corrected chi connectivity index (χ4v) is 3.14. The topological polar surface area (TPSA) is 84.5 Å². The number of hydrogen-bond acceptors (Lipinski definition) is 5. The number of carbonyl (C=O) groups excluding carboxylic acids is 3. The van der Waals surface area contributed by atoms with Crippen LogP contribution in [0.1, 0.15) is 25.7 Å². The largest absolute Gasteiger partial charge is 0.455 e. The zero-order valence-electron chi connectivity index (χ0n) is 13.0. The number of benzene rings is 1. The smallest absolute Gasteiger partial charge is 0.321 e. The van der Waals surface area contributed by atoms with Crippen LogP contribution in [0.25, 0.3) is 0 Å². The maximum Gasteiger partial charge on any atom is 0.321 e. The lowest BCUT2D eigenvalue weighted by molar-refractivity contribution is -0.145. The summed E-state index contributed by atoms with van der Waals surface area (Å²) in [4.78, 5) is 35.6. The number of nitrogens with one attached hydrogen (secondary N) is 2. The van der Waals surface area contributed by atoms with Gasteiger partial charge in [0.25, 0.3) is 5.91 Å². The molecule has 0 radical (unpaired) electrons. The molecule has 0 atom stereocenters. The third-order valence-electron chi connectivity index (χ3n) is 3.48. The van der Waals surface area contributed by atoms with Crippen LogP contribution in [0.15, 0.2) is 29.2 Å². The third-order valence-corrected chi connectivity index (χ3v) is 4.72. The number of carbonyl (C=O) groups is 3. The molecule has 8 heteroatoms. The van der Waals surface area contributed by atoms with E-state index in [-0.39, 0.29) is 11.8 Å². The Morgan fingerprint density at radius 2 is 1.83 bits per heavy atom. The molecule has 0 aliphatic heterocycles. The molecular weight excluding hydrogens is 352 g/mol. The Labute approximate surface area is 149 Å². The van der Waals surface area contributed by atoms with Gasteiger partial charge in [-0.3, -0.25) is 14.9 Å². The van der Waals surface area contributed by atoms with Crippen LogP contribution in [0, 0.1) is 0 Å². The van der Waals surface area contributed by atoms with Gasteiger partial charge < -0.3 is 10.1 Å². The Balaban J connectivity index is 1.60. The minimum atomic E-state index is -0.643. The summed E-state index contributed by atoms with van der Waals surface area (Å²) in [6.07, 6.45) is 4.03. The second-order valence-corrected chi connectivity index (χ2v) is 6.89. The molecule has 2 rings (SSSR count). The SMILES string of the molecule is O=C(COC(=O)CSc1ccc(Cl)cc1)NC(=O)NC1CCCC1. The van der Waals surface area contributed by atoms with E-state index in [0.717, 1.165) is 30.6 Å². The number of halogens is 1. The molecule has 24 heavy (non-hydrogen) atoms. The van der Waals surface area contributed by atoms with Gasteiger partial charge in [0.2, 0.25) is 0 Å². The van der Waals surface area contributed by atoms with Crippen LogP contribution in [0.4, 0.5) is 4.79 Å². The molecule has 1 fully saturated rings. The number of esters is 1. The predicted octanol–water partition coefficient (Wildman–Crippen LogP) is 2.74. The monoisotopic (exact) mass is 370 g/mol. The number of rotatable bonds is 6. The van der Waals surface area contributed by atoms with Gasteiger partial charge in [0.05, 0.1) is 5.75 Å². The van der Waals surface area contributed by atoms with E-state index >= 15 is 0 Å². The normalized spacial score (nSPS) is 14.2. The Hall–Kier alpha value is -1.73. The van der Waals surface area contributed by atoms with E-state index in [0.29, 0.717) is 5.02 Å². The van der Waals surface area contributed by atoms with Gasteiger partial charge in [-0.05, 0) is 37.1 Å². The van der Waals surface area contributed by atoms with Gasteiger partial charge >= 0.3 is 12.0 Å². The van der Waals surface area contributed by atoms with Crippen LogP contribution in [0.2, 0.25) is 5.02 Å². The highest BCUT2D eigenvalue weighted by Crippen LogP contribution is 2.20. The number of ether oxygens (including phenoxy) is 1. The van der Waals surface area contributed by atoms with Crippen molar-refractivity contribution >= 4 is 41.3 Å². The van der Waals surface area contributed by atoms with Crippen LogP contribution in [0.3, 0.4) is 0 Å². The molecule has 1 aliphatic rings. The van der Waals surface area contributed by atoms with Crippen LogP contribution < -0.4 is 10.6 Å². The standard InChI is InChI=1S/C16H19ClN2O4S/c17-11-5-7-13(8-6-11)24-10-15(21)23-9-14(20)19-16(22)18-12-3-1-2-4-12/h5-8,12H,1-4,9-10H2,(H2,18,19,20,22). The van der Waals surface area contributed by atoms with Crippen LogP contribution >= 0.6 is 23.4 Å². The average molecular weight is 371 g/mol. The molecular formula is C16H19ClN2O4S. The average Bonchev–Trinajstić information content (AvgIpc) is 3.05. The highest BCUT2D eigenvalue weighted by atomic mass is 35.5. The Morgan fingerprint density at radius 3 is 2.50 bits per heavy atom. The Kier molecular flexibility index (Phi) is 7.39. The Bertz CT molecular complexity index is 588. The lowest BCUT2D eigenvalue weighted by Crippen LogP contribution is -2.45. The molecule has 1 aromatic carbocycles. The molecule has 1 aliphatic carbocycles. The van der Waals surface area contributed by atoms with Crippen molar-refractivity contribution in [2.75, 3.05) is 12.4 Å². The van der Waals surface area contributed by atoms with Crippen molar-refractivity contribution in [1.29, 1.82) is 0 Å². The van der Waals surface area contributed by atoms with Gasteiger partial charge in [-0.25, -0.2) is 4.79 Å². The van der Waals surface area contributed by atoms with Crippen molar-refractivity contribution < 1.29 is 19.1 Å². The first-order valence-electron chi connectivity index (χ1n) is 7.67. The number of urea groups is 1. The first-order valence-corrected chi connectivity index (χ1v) is 9.03. The molecule has 0 unspecified atom stereocenters. The molecule has 0 heterocycles. The molecule has 130 valence electrons. The van der Waals surface area contributed by atoms with Gasteiger partial charge in [0.15, 0.2) is 6.61 Å². The van der Waals surface area contributed by atoms with Crippen molar-refractivity contribution in [3.63, 3.8) is 0 Å². The number of amides is 3. The maximum atomic E-state index is 11.6. The lowest BCUT2D eigenvalue weighted by Gasteiger charge is -2.12. The second kappa shape index (κ2) is 9.54. The quantitative estimate of drug-likeness (QED) is 0.594. The van der Waals surface area contributed by atoms with Crippen molar-refractivity contribution in [3.05, 3.63) is 29.3 Å². The zero-order valence-corrected chi connectivity index (χ0v) is 14.6. The number of thioether (sulfide) groups is 1. The first kappa shape index (κ1) is 18.6. The van der Waals surface area contributed by atoms with Gasteiger partial charge in [0.1, 0.15) is 0 Å². The van der Waals surface area contributed by atoms with E-state index in [1.54, 1.807) is 24.3 Å². The van der Waals surface area contributed by atoms with Crippen molar-refractivity contribution in [3.8, 4) is 0 Å². The van der Waals surface area contributed by atoms with Crippen LogP contribution in [-0.4, -0.2) is 36.3 Å². The summed E-state index contributed by atoms with van der Waals surface area (Å²) in [5.41, 5.74) is 0. The minimum Gasteiger partial charge on any atom is -0.455 e. The number of imide groups is 1. The predicted molar refractivity (Wildman–Crippen MR) is 92.1 cm³/mol. The fraction of sp³-hybridized carbons (Fsp3) is 0.438. The molecule has 0 bridgehead atoms. The summed E-state index contributed by atoms with van der Waals surface area (Å²) in [6.45, 7) is -0.474. The minimum absolute atomic E-state index is 0.0726. The van der Waals surface area contributed by atoms with Gasteiger partial charge in [0, 0.05) is 16.0 Å². The van der Waals surface area contributed by atoms with E-state index in [2.05, 4.69) is 10.6 Å². The van der Waals surface area contributed by atoms with Crippen molar-refractivity contribution in [2.45, 2.75) is 36.6 Å². The van der Waals surface area contributed by atoms with Crippen molar-refractivity contribution in [1.82, 2.24) is 10.6 Å². The third kappa shape index (κ3) is 6.80. The van der Waals surface area contributed by atoms with Gasteiger partial charge in [-0.15, -0.1) is 11.8 Å². The van der Waals surface area contributed by atoms with Gasteiger partial charge in [-0.2, -0.15) is 0 Å². The van der Waals surface area contributed by atoms with Crippen LogP contribution in [-0.2, 0) is 14.3 Å². The summed E-state index contributed by atoms with van der Waals surface area (Å²) in [5, 5.41) is 5.50. The van der Waals surface area contributed by atoms with E-state index < -0.39 is 24.5 Å². The molecule has 0 saturated heterocycles. The summed E-state index contributed by atoms with van der Waals surface area (Å²) < 4.78 is 4.84. The summed E-state index contributed by atoms with van der Waals surface area (Å²) >= 11 is 7.06. The lowest BCUT2D eigenvalue weighted by atomic mass is 10.2. The molecule has 3 amide bonds. The fourth-order valence-electron chi connectivity index (χ4n) is 2.32. The summed E-state index contributed by atoms with van der Waals surface area (Å²) in [5.74, 6) is -1.10. The molecule has 1 aromatic rings. The van der Waals surface area contributed by atoms with E-state index in [1.165, 1.54) is 11.8 Å². The second-order valence-electron chi connectivity index (χ2n) is 5.41. The number of hydrogen-bond donors (Lipinski definition) is 2. The van der Waals surface area contributed by atoms with E-state index in [9.17, 15) is 14.4 Å².